The summed E-state index contributed by atoms with van der Waals surface area (Å²) in [5.41, 5.74) is 0. The van der Waals surface area contributed by atoms with Crippen LogP contribution in [0, 0.1) is 0 Å². The van der Waals surface area contributed by atoms with Crippen LogP contribution in [0.5, 0.6) is 0 Å². The van der Waals surface area contributed by atoms with Gasteiger partial charge in [-0.1, -0.05) is 18.2 Å². The van der Waals surface area contributed by atoms with Gasteiger partial charge in [0.05, 0.1) is 16.4 Å². The highest BCUT2D eigenvalue weighted by atomic mass is 127. The minimum absolute atomic E-state index is 0. The van der Waals surface area contributed by atoms with E-state index >= 15 is 0 Å². The lowest BCUT2D eigenvalue weighted by atomic mass is 10.3. The maximum absolute atomic E-state index is 12.2. The molecule has 0 aliphatic rings. The lowest BCUT2D eigenvalue weighted by Crippen LogP contribution is -2.43. The Hall–Kier alpha value is -0.880. The van der Waals surface area contributed by atoms with Crippen LogP contribution in [0.15, 0.2) is 40.2 Å². The second-order valence-corrected chi connectivity index (χ2v) is 10.6. The second kappa shape index (κ2) is 12.6. The van der Waals surface area contributed by atoms with Crippen molar-refractivity contribution in [2.75, 3.05) is 30.9 Å². The summed E-state index contributed by atoms with van der Waals surface area (Å²) < 4.78 is 46.9. The van der Waals surface area contributed by atoms with Crippen molar-refractivity contribution in [1.29, 1.82) is 0 Å². The van der Waals surface area contributed by atoms with Gasteiger partial charge in [-0.3, -0.25) is 4.99 Å². The van der Waals surface area contributed by atoms with Crippen LogP contribution in [0.3, 0.4) is 0 Å². The van der Waals surface area contributed by atoms with Crippen molar-refractivity contribution >= 4 is 49.6 Å². The smallest absolute Gasteiger partial charge is 0.191 e. The minimum atomic E-state index is -3.30. The van der Waals surface area contributed by atoms with Gasteiger partial charge in [0.1, 0.15) is 9.84 Å². The Balaban J connectivity index is 0.00000676. The molecule has 0 saturated carbocycles. The van der Waals surface area contributed by atoms with Crippen LogP contribution in [0.4, 0.5) is 0 Å². The number of benzene rings is 1. The predicted octanol–water partition coefficient (Wildman–Crippen LogP) is 1.85. The van der Waals surface area contributed by atoms with E-state index in [0.717, 1.165) is 0 Å². The Morgan fingerprint density at radius 1 is 1.11 bits per heavy atom. The molecule has 10 heteroatoms. The molecule has 156 valence electrons. The third-order valence-electron chi connectivity index (χ3n) is 3.59. The van der Waals surface area contributed by atoms with Crippen molar-refractivity contribution in [3.8, 4) is 0 Å². The van der Waals surface area contributed by atoms with E-state index in [-0.39, 0.29) is 41.5 Å². The highest BCUT2D eigenvalue weighted by Gasteiger charge is 2.13. The maximum atomic E-state index is 12.2. The molecule has 1 rings (SSSR count). The van der Waals surface area contributed by atoms with Crippen LogP contribution in [-0.4, -0.2) is 59.7 Å². The number of nitrogens with zero attached hydrogens (tertiary/aromatic N) is 1. The topological polar surface area (TPSA) is 105 Å². The molecule has 0 heterocycles. The van der Waals surface area contributed by atoms with E-state index in [1.165, 1.54) is 6.26 Å². The number of sulfone groups is 2. The summed E-state index contributed by atoms with van der Waals surface area (Å²) in [6.07, 6.45) is 2.10. The van der Waals surface area contributed by atoms with E-state index in [4.69, 9.17) is 0 Å². The molecular formula is C17H30IN3O4S2. The lowest BCUT2D eigenvalue weighted by Gasteiger charge is -2.17. The molecule has 1 aromatic carbocycles. The number of rotatable bonds is 10. The van der Waals surface area contributed by atoms with Crippen molar-refractivity contribution in [3.63, 3.8) is 0 Å². The summed E-state index contributed by atoms with van der Waals surface area (Å²) in [5, 5.41) is 6.22. The first-order chi connectivity index (χ1) is 12.1. The summed E-state index contributed by atoms with van der Waals surface area (Å²) in [5.74, 6) is 0.699. The highest BCUT2D eigenvalue weighted by molar-refractivity contribution is 14.0. The second-order valence-electron chi connectivity index (χ2n) is 6.21. The molecule has 0 aliphatic heterocycles. The number of aliphatic imine (C=N–C) groups is 1. The van der Waals surface area contributed by atoms with Crippen LogP contribution >= 0.6 is 24.0 Å². The van der Waals surface area contributed by atoms with Crippen molar-refractivity contribution < 1.29 is 16.8 Å². The Kier molecular flexibility index (Phi) is 12.1. The van der Waals surface area contributed by atoms with E-state index in [9.17, 15) is 16.8 Å². The fraction of sp³-hybridized carbons (Fsp3) is 0.588. The van der Waals surface area contributed by atoms with Gasteiger partial charge in [-0.2, -0.15) is 0 Å². The van der Waals surface area contributed by atoms with Crippen molar-refractivity contribution in [2.45, 2.75) is 37.6 Å². The molecule has 0 saturated heterocycles. The van der Waals surface area contributed by atoms with E-state index in [2.05, 4.69) is 15.6 Å². The van der Waals surface area contributed by atoms with Crippen molar-refractivity contribution in [1.82, 2.24) is 10.6 Å². The van der Waals surface area contributed by atoms with Crippen LogP contribution in [0.1, 0.15) is 26.7 Å². The van der Waals surface area contributed by atoms with Gasteiger partial charge < -0.3 is 10.6 Å². The minimum Gasteiger partial charge on any atom is -0.357 e. The Bertz CT molecular complexity index is 782. The number of hydrogen-bond acceptors (Lipinski definition) is 5. The summed E-state index contributed by atoms with van der Waals surface area (Å²) in [6.45, 7) is 4.84. The van der Waals surface area contributed by atoms with Gasteiger partial charge >= 0.3 is 0 Å². The molecule has 1 unspecified atom stereocenters. The quantitative estimate of drug-likeness (QED) is 0.207. The average molecular weight is 531 g/mol. The molecule has 0 aliphatic carbocycles. The molecule has 7 nitrogen and oxygen atoms in total. The number of hydrogen-bond donors (Lipinski definition) is 2. The number of halogens is 1. The zero-order valence-electron chi connectivity index (χ0n) is 16.0. The third kappa shape index (κ3) is 11.5. The van der Waals surface area contributed by atoms with Crippen molar-refractivity contribution in [2.24, 2.45) is 4.99 Å². The van der Waals surface area contributed by atoms with E-state index in [0.29, 0.717) is 36.8 Å². The Labute approximate surface area is 180 Å². The largest absolute Gasteiger partial charge is 0.357 e. The molecule has 2 N–H and O–H groups in total. The molecule has 0 radical (unpaired) electrons. The molecule has 0 fully saturated rings. The van der Waals surface area contributed by atoms with Crippen LogP contribution in [-0.2, 0) is 19.7 Å². The van der Waals surface area contributed by atoms with Crippen LogP contribution < -0.4 is 10.6 Å². The summed E-state index contributed by atoms with van der Waals surface area (Å²) >= 11 is 0. The summed E-state index contributed by atoms with van der Waals surface area (Å²) in [6, 6.07) is 8.31. The Morgan fingerprint density at radius 2 is 1.74 bits per heavy atom. The van der Waals surface area contributed by atoms with Gasteiger partial charge in [-0.15, -0.1) is 24.0 Å². The first-order valence-electron chi connectivity index (χ1n) is 8.64. The molecule has 1 atom stereocenters. The highest BCUT2D eigenvalue weighted by Crippen LogP contribution is 2.10. The molecular weight excluding hydrogens is 501 g/mol. The zero-order valence-corrected chi connectivity index (χ0v) is 20.0. The van der Waals surface area contributed by atoms with Gasteiger partial charge in [0.15, 0.2) is 15.8 Å². The number of guanidine groups is 1. The van der Waals surface area contributed by atoms with Crippen LogP contribution in [0.2, 0.25) is 0 Å². The normalized spacial score (nSPS) is 13.5. The molecule has 1 aromatic rings. The SMILES string of the molecule is CCNC(=NCCCS(=O)(=O)c1ccccc1)NC(C)CCS(C)(=O)=O.I. The predicted molar refractivity (Wildman–Crippen MR) is 121 cm³/mol. The van der Waals surface area contributed by atoms with Gasteiger partial charge in [0, 0.05) is 25.4 Å². The molecule has 0 bridgehead atoms. The van der Waals surface area contributed by atoms with Gasteiger partial charge in [0.2, 0.25) is 0 Å². The fourth-order valence-electron chi connectivity index (χ4n) is 2.21. The van der Waals surface area contributed by atoms with Crippen molar-refractivity contribution in [3.05, 3.63) is 30.3 Å². The van der Waals surface area contributed by atoms with E-state index in [1.807, 2.05) is 13.8 Å². The maximum Gasteiger partial charge on any atom is 0.191 e. The fourth-order valence-corrected chi connectivity index (χ4v) is 4.31. The van der Waals surface area contributed by atoms with E-state index < -0.39 is 19.7 Å². The number of nitrogens with one attached hydrogen (secondary N) is 2. The van der Waals surface area contributed by atoms with E-state index in [1.54, 1.807) is 30.3 Å². The first kappa shape index (κ1) is 26.1. The molecule has 0 spiro atoms. The zero-order chi connectivity index (χ0) is 19.6. The molecule has 0 amide bonds. The third-order valence-corrected chi connectivity index (χ3v) is 6.39. The lowest BCUT2D eigenvalue weighted by molar-refractivity contribution is 0.581. The summed E-state index contributed by atoms with van der Waals surface area (Å²) in [4.78, 5) is 4.70. The monoisotopic (exact) mass is 531 g/mol. The molecule has 27 heavy (non-hydrogen) atoms. The Morgan fingerprint density at radius 3 is 2.30 bits per heavy atom. The van der Waals surface area contributed by atoms with Gasteiger partial charge in [-0.25, -0.2) is 16.8 Å². The molecule has 0 aromatic heterocycles. The summed E-state index contributed by atoms with van der Waals surface area (Å²) in [7, 11) is -6.29. The first-order valence-corrected chi connectivity index (χ1v) is 12.4. The van der Waals surface area contributed by atoms with Crippen LogP contribution in [0.25, 0.3) is 0 Å². The standard InChI is InChI=1S/C17H29N3O4S2.HI/c1-4-18-17(20-15(2)11-14-25(3,21)22)19-12-8-13-26(23,24)16-9-6-5-7-10-16;/h5-7,9-10,15H,4,8,11-14H2,1-3H3,(H2,18,19,20);1H. The average Bonchev–Trinajstić information content (AvgIpc) is 2.57. The van der Waals surface area contributed by atoms with Gasteiger partial charge in [0.25, 0.3) is 0 Å². The van der Waals surface area contributed by atoms with Gasteiger partial charge in [-0.05, 0) is 38.8 Å².